The second-order valence-electron chi connectivity index (χ2n) is 4.64. The Kier molecular flexibility index (Phi) is 5.01. The van der Waals surface area contributed by atoms with E-state index >= 15 is 0 Å². The topological polar surface area (TPSA) is 30.5 Å². The van der Waals surface area contributed by atoms with Crippen molar-refractivity contribution in [2.24, 2.45) is 0 Å². The molecule has 1 aromatic carbocycles. The van der Waals surface area contributed by atoms with Gasteiger partial charge < -0.3 is 14.8 Å². The van der Waals surface area contributed by atoms with Gasteiger partial charge in [0.05, 0.1) is 18.8 Å². The van der Waals surface area contributed by atoms with E-state index in [0.717, 1.165) is 24.2 Å². The molecular weight excluding hydrogens is 271 g/mol. The van der Waals surface area contributed by atoms with Crippen LogP contribution in [0.3, 0.4) is 0 Å². The molecule has 0 saturated carbocycles. The molecule has 0 bridgehead atoms. The molecule has 3 nitrogen and oxygen atoms in total. The zero-order chi connectivity index (χ0) is 14.6. The summed E-state index contributed by atoms with van der Waals surface area (Å²) in [6.07, 6.45) is -4.01. The van der Waals surface area contributed by atoms with Crippen LogP contribution in [0.4, 0.5) is 13.2 Å². The van der Waals surface area contributed by atoms with Crippen molar-refractivity contribution in [1.29, 1.82) is 0 Å². The fourth-order valence-corrected chi connectivity index (χ4v) is 2.22. The standard InChI is InChI=1S/C14H18F3NO2/c1-2-18-12(9-13-19-7-8-20-13)10-3-5-11(6-4-10)14(15,16)17/h3-6,12-13,18H,2,7-9H2,1H3. The summed E-state index contributed by atoms with van der Waals surface area (Å²) in [6.45, 7) is 3.80. The molecule has 1 aromatic rings. The predicted molar refractivity (Wildman–Crippen MR) is 68.2 cm³/mol. The van der Waals surface area contributed by atoms with E-state index in [1.54, 1.807) is 0 Å². The molecule has 2 rings (SSSR count). The summed E-state index contributed by atoms with van der Waals surface area (Å²) in [5, 5.41) is 3.24. The van der Waals surface area contributed by atoms with Gasteiger partial charge in [-0.05, 0) is 24.2 Å². The van der Waals surface area contributed by atoms with Gasteiger partial charge in [-0.2, -0.15) is 13.2 Å². The fourth-order valence-electron chi connectivity index (χ4n) is 2.22. The van der Waals surface area contributed by atoms with Crippen molar-refractivity contribution < 1.29 is 22.6 Å². The second-order valence-corrected chi connectivity index (χ2v) is 4.64. The van der Waals surface area contributed by atoms with E-state index in [1.807, 2.05) is 6.92 Å². The molecule has 1 saturated heterocycles. The SMILES string of the molecule is CCNC(CC1OCCO1)c1ccc(C(F)(F)F)cc1. The Morgan fingerprint density at radius 1 is 1.20 bits per heavy atom. The molecule has 0 aliphatic carbocycles. The van der Waals surface area contributed by atoms with E-state index in [0.29, 0.717) is 19.6 Å². The minimum Gasteiger partial charge on any atom is -0.350 e. The van der Waals surface area contributed by atoms with E-state index in [4.69, 9.17) is 9.47 Å². The summed E-state index contributed by atoms with van der Waals surface area (Å²) in [6, 6.07) is 5.15. The summed E-state index contributed by atoms with van der Waals surface area (Å²) in [5.41, 5.74) is 0.170. The normalized spacial score (nSPS) is 18.4. The molecular formula is C14H18F3NO2. The molecule has 1 N–H and O–H groups in total. The zero-order valence-electron chi connectivity index (χ0n) is 11.2. The van der Waals surface area contributed by atoms with E-state index in [2.05, 4.69) is 5.32 Å². The number of ether oxygens (including phenoxy) is 2. The first-order valence-corrected chi connectivity index (χ1v) is 6.64. The number of rotatable bonds is 5. The van der Waals surface area contributed by atoms with E-state index in [1.165, 1.54) is 12.1 Å². The lowest BCUT2D eigenvalue weighted by molar-refractivity contribution is -0.137. The minimum atomic E-state index is -4.30. The molecule has 20 heavy (non-hydrogen) atoms. The van der Waals surface area contributed by atoms with Crippen molar-refractivity contribution in [3.05, 3.63) is 35.4 Å². The van der Waals surface area contributed by atoms with Crippen molar-refractivity contribution in [2.75, 3.05) is 19.8 Å². The summed E-state index contributed by atoms with van der Waals surface area (Å²) < 4.78 is 48.4. The maximum Gasteiger partial charge on any atom is 0.416 e. The number of hydrogen-bond acceptors (Lipinski definition) is 3. The quantitative estimate of drug-likeness (QED) is 0.903. The van der Waals surface area contributed by atoms with Crippen LogP contribution >= 0.6 is 0 Å². The highest BCUT2D eigenvalue weighted by atomic mass is 19.4. The van der Waals surface area contributed by atoms with Gasteiger partial charge in [-0.15, -0.1) is 0 Å². The van der Waals surface area contributed by atoms with Crippen LogP contribution in [0.15, 0.2) is 24.3 Å². The van der Waals surface area contributed by atoms with Gasteiger partial charge in [-0.1, -0.05) is 19.1 Å². The third-order valence-electron chi connectivity index (χ3n) is 3.21. The molecule has 6 heteroatoms. The Bertz CT molecular complexity index is 413. The number of hydrogen-bond donors (Lipinski definition) is 1. The third-order valence-corrected chi connectivity index (χ3v) is 3.21. The summed E-state index contributed by atoms with van der Waals surface area (Å²) >= 11 is 0. The summed E-state index contributed by atoms with van der Waals surface area (Å²) in [7, 11) is 0. The summed E-state index contributed by atoms with van der Waals surface area (Å²) in [5.74, 6) is 0. The Hall–Kier alpha value is -1.11. The average molecular weight is 289 g/mol. The van der Waals surface area contributed by atoms with Crippen LogP contribution in [0.25, 0.3) is 0 Å². The predicted octanol–water partition coefficient (Wildman–Crippen LogP) is 3.12. The van der Waals surface area contributed by atoms with Gasteiger partial charge in [-0.25, -0.2) is 0 Å². The van der Waals surface area contributed by atoms with Crippen molar-refractivity contribution in [1.82, 2.24) is 5.32 Å². The highest BCUT2D eigenvalue weighted by Gasteiger charge is 2.30. The molecule has 1 unspecified atom stereocenters. The molecule has 1 fully saturated rings. The molecule has 0 amide bonds. The monoisotopic (exact) mass is 289 g/mol. The van der Waals surface area contributed by atoms with E-state index in [9.17, 15) is 13.2 Å². The van der Waals surface area contributed by atoms with Crippen LogP contribution in [-0.2, 0) is 15.7 Å². The number of alkyl halides is 3. The maximum absolute atomic E-state index is 12.5. The van der Waals surface area contributed by atoms with E-state index in [-0.39, 0.29) is 12.3 Å². The van der Waals surface area contributed by atoms with Gasteiger partial charge in [0, 0.05) is 12.5 Å². The van der Waals surface area contributed by atoms with Crippen LogP contribution in [0.2, 0.25) is 0 Å². The Morgan fingerprint density at radius 2 is 1.80 bits per heavy atom. The first-order valence-electron chi connectivity index (χ1n) is 6.64. The lowest BCUT2D eigenvalue weighted by Crippen LogP contribution is -2.26. The molecule has 1 aliphatic heterocycles. The lowest BCUT2D eigenvalue weighted by atomic mass is 10.0. The Morgan fingerprint density at radius 3 is 2.30 bits per heavy atom. The van der Waals surface area contributed by atoms with Crippen LogP contribution in [0.5, 0.6) is 0 Å². The molecule has 0 radical (unpaired) electrons. The molecule has 0 aromatic heterocycles. The Balaban J connectivity index is 2.08. The first-order chi connectivity index (χ1) is 9.50. The molecule has 0 spiro atoms. The molecule has 112 valence electrons. The zero-order valence-corrected chi connectivity index (χ0v) is 11.2. The van der Waals surface area contributed by atoms with Crippen LogP contribution < -0.4 is 5.32 Å². The second kappa shape index (κ2) is 6.56. The number of nitrogens with one attached hydrogen (secondary N) is 1. The maximum atomic E-state index is 12.5. The lowest BCUT2D eigenvalue weighted by Gasteiger charge is -2.21. The average Bonchev–Trinajstić information content (AvgIpc) is 2.90. The molecule has 1 heterocycles. The van der Waals surface area contributed by atoms with Gasteiger partial charge in [-0.3, -0.25) is 0 Å². The van der Waals surface area contributed by atoms with Gasteiger partial charge >= 0.3 is 6.18 Å². The van der Waals surface area contributed by atoms with Gasteiger partial charge in [0.2, 0.25) is 0 Å². The van der Waals surface area contributed by atoms with Gasteiger partial charge in [0.1, 0.15) is 0 Å². The fraction of sp³-hybridized carbons (Fsp3) is 0.571. The summed E-state index contributed by atoms with van der Waals surface area (Å²) in [4.78, 5) is 0. The van der Waals surface area contributed by atoms with Crippen molar-refractivity contribution in [3.63, 3.8) is 0 Å². The largest absolute Gasteiger partial charge is 0.416 e. The molecule has 1 atom stereocenters. The Labute approximate surface area is 116 Å². The van der Waals surface area contributed by atoms with Crippen molar-refractivity contribution >= 4 is 0 Å². The molecule has 1 aliphatic rings. The highest BCUT2D eigenvalue weighted by molar-refractivity contribution is 5.26. The first kappa shape index (κ1) is 15.3. The van der Waals surface area contributed by atoms with Crippen molar-refractivity contribution in [3.8, 4) is 0 Å². The highest BCUT2D eigenvalue weighted by Crippen LogP contribution is 2.30. The minimum absolute atomic E-state index is 0.0783. The van der Waals surface area contributed by atoms with Gasteiger partial charge in [0.15, 0.2) is 6.29 Å². The van der Waals surface area contributed by atoms with Crippen LogP contribution in [0.1, 0.15) is 30.5 Å². The van der Waals surface area contributed by atoms with E-state index < -0.39 is 11.7 Å². The van der Waals surface area contributed by atoms with Crippen molar-refractivity contribution in [2.45, 2.75) is 31.9 Å². The van der Waals surface area contributed by atoms with Crippen LogP contribution in [-0.4, -0.2) is 26.0 Å². The van der Waals surface area contributed by atoms with Crippen LogP contribution in [0, 0.1) is 0 Å². The number of halogens is 3. The smallest absolute Gasteiger partial charge is 0.350 e. The third kappa shape index (κ3) is 3.94. The van der Waals surface area contributed by atoms with Gasteiger partial charge in [0.25, 0.3) is 0 Å². The number of benzene rings is 1.